The maximum atomic E-state index is 13.2. The average Bonchev–Trinajstić information content (AvgIpc) is 3.29. The fourth-order valence-electron chi connectivity index (χ4n) is 4.93. The first-order valence-corrected chi connectivity index (χ1v) is 13.6. The molecule has 0 saturated carbocycles. The summed E-state index contributed by atoms with van der Waals surface area (Å²) in [5.74, 6) is -0.0304. The van der Waals surface area contributed by atoms with Gasteiger partial charge in [-0.25, -0.2) is 9.18 Å². The number of ether oxygens (including phenoxy) is 1. The molecule has 1 fully saturated rings. The van der Waals surface area contributed by atoms with Crippen LogP contribution in [0.5, 0.6) is 0 Å². The summed E-state index contributed by atoms with van der Waals surface area (Å²) in [7, 11) is 3.89. The van der Waals surface area contributed by atoms with Crippen molar-refractivity contribution in [1.82, 2.24) is 20.3 Å². The second-order valence-corrected chi connectivity index (χ2v) is 11.6. The summed E-state index contributed by atoms with van der Waals surface area (Å²) in [6, 6.07) is 9.82. The molecule has 2 amide bonds. The van der Waals surface area contributed by atoms with E-state index in [1.54, 1.807) is 17.0 Å². The Kier molecular flexibility index (Phi) is 8.90. The van der Waals surface area contributed by atoms with Crippen molar-refractivity contribution in [1.29, 1.82) is 0 Å². The third kappa shape index (κ3) is 7.56. The van der Waals surface area contributed by atoms with Gasteiger partial charge in [0.05, 0.1) is 5.69 Å². The molecule has 1 saturated heterocycles. The van der Waals surface area contributed by atoms with Gasteiger partial charge in [0.1, 0.15) is 11.4 Å². The van der Waals surface area contributed by atoms with Gasteiger partial charge in [-0.1, -0.05) is 17.3 Å². The molecule has 2 heterocycles. The van der Waals surface area contributed by atoms with Gasteiger partial charge in [-0.2, -0.15) is 0 Å². The molecule has 4 rings (SSSR count). The number of rotatable bonds is 8. The van der Waals surface area contributed by atoms with Crippen molar-refractivity contribution in [2.45, 2.75) is 65.1 Å². The van der Waals surface area contributed by atoms with Crippen LogP contribution in [-0.2, 0) is 24.2 Å². The SMILES string of the molecule is CN(C)Cc1c(C(=O)NCc2ccc(F)cc2)ccc2c(CCC3CCN(C(=O)OC(C)(C)C)CC3)noc12. The molecule has 0 unspecified atom stereocenters. The van der Waals surface area contributed by atoms with Crippen molar-refractivity contribution in [3.63, 3.8) is 0 Å². The molecule has 0 bridgehead atoms. The molecule has 0 aliphatic carbocycles. The van der Waals surface area contributed by atoms with Crippen LogP contribution in [0, 0.1) is 11.7 Å². The highest BCUT2D eigenvalue weighted by Gasteiger charge is 2.27. The van der Waals surface area contributed by atoms with Gasteiger partial charge in [-0.3, -0.25) is 4.79 Å². The predicted molar refractivity (Wildman–Crippen MR) is 148 cm³/mol. The largest absolute Gasteiger partial charge is 0.444 e. The van der Waals surface area contributed by atoms with E-state index in [4.69, 9.17) is 9.26 Å². The van der Waals surface area contributed by atoms with Crippen LogP contribution >= 0.6 is 0 Å². The highest BCUT2D eigenvalue weighted by Crippen LogP contribution is 2.30. The van der Waals surface area contributed by atoms with E-state index >= 15 is 0 Å². The Labute approximate surface area is 229 Å². The molecule has 0 spiro atoms. The zero-order chi connectivity index (χ0) is 28.2. The van der Waals surface area contributed by atoms with E-state index in [1.165, 1.54) is 12.1 Å². The lowest BCUT2D eigenvalue weighted by Crippen LogP contribution is -2.41. The van der Waals surface area contributed by atoms with Crippen LogP contribution in [0.1, 0.15) is 67.2 Å². The zero-order valence-electron chi connectivity index (χ0n) is 23.6. The number of likely N-dealkylation sites (tertiary alicyclic amines) is 1. The first-order valence-electron chi connectivity index (χ1n) is 13.6. The second kappa shape index (κ2) is 12.2. The van der Waals surface area contributed by atoms with E-state index in [2.05, 4.69) is 10.5 Å². The molecule has 3 aromatic rings. The van der Waals surface area contributed by atoms with E-state index < -0.39 is 5.60 Å². The van der Waals surface area contributed by atoms with Gasteiger partial charge < -0.3 is 24.4 Å². The summed E-state index contributed by atoms with van der Waals surface area (Å²) in [6.07, 6.45) is 3.33. The third-order valence-corrected chi connectivity index (χ3v) is 6.96. The van der Waals surface area contributed by atoms with Crippen molar-refractivity contribution in [3.8, 4) is 0 Å². The molecule has 2 aromatic carbocycles. The smallest absolute Gasteiger partial charge is 0.410 e. The molecule has 1 aliphatic rings. The van der Waals surface area contributed by atoms with Crippen LogP contribution < -0.4 is 5.32 Å². The van der Waals surface area contributed by atoms with E-state index in [0.29, 0.717) is 43.2 Å². The Hall–Kier alpha value is -3.46. The Morgan fingerprint density at radius 3 is 2.46 bits per heavy atom. The molecular weight excluding hydrogens is 499 g/mol. The first kappa shape index (κ1) is 28.5. The van der Waals surface area contributed by atoms with E-state index in [0.717, 1.165) is 47.9 Å². The predicted octanol–water partition coefficient (Wildman–Crippen LogP) is 5.54. The van der Waals surface area contributed by atoms with Crippen molar-refractivity contribution >= 4 is 23.0 Å². The van der Waals surface area contributed by atoms with E-state index in [9.17, 15) is 14.0 Å². The lowest BCUT2D eigenvalue weighted by molar-refractivity contribution is 0.0181. The summed E-state index contributed by atoms with van der Waals surface area (Å²) >= 11 is 0. The van der Waals surface area contributed by atoms with E-state index in [1.807, 2.05) is 51.9 Å². The van der Waals surface area contributed by atoms with Gasteiger partial charge in [-0.05, 0) is 96.3 Å². The normalized spacial score (nSPS) is 14.7. The maximum Gasteiger partial charge on any atom is 0.410 e. The van der Waals surface area contributed by atoms with Crippen molar-refractivity contribution in [2.24, 2.45) is 5.92 Å². The third-order valence-electron chi connectivity index (χ3n) is 6.96. The lowest BCUT2D eigenvalue weighted by Gasteiger charge is -2.33. The number of nitrogens with one attached hydrogen (secondary N) is 1. The number of carbonyl (C=O) groups is 2. The van der Waals surface area contributed by atoms with Gasteiger partial charge in [0.15, 0.2) is 5.58 Å². The zero-order valence-corrected chi connectivity index (χ0v) is 23.6. The number of benzene rings is 2. The number of aryl methyl sites for hydroxylation is 1. The van der Waals surface area contributed by atoms with Gasteiger partial charge in [0.2, 0.25) is 0 Å². The molecular formula is C30H39FN4O4. The minimum Gasteiger partial charge on any atom is -0.444 e. The Bertz CT molecular complexity index is 1290. The number of fused-ring (bicyclic) bond motifs is 1. The highest BCUT2D eigenvalue weighted by atomic mass is 19.1. The number of hydrogen-bond donors (Lipinski definition) is 1. The van der Waals surface area contributed by atoms with Gasteiger partial charge in [0, 0.05) is 42.7 Å². The summed E-state index contributed by atoms with van der Waals surface area (Å²) < 4.78 is 24.5. The van der Waals surface area contributed by atoms with Crippen LogP contribution in [0.4, 0.5) is 9.18 Å². The van der Waals surface area contributed by atoms with Crippen molar-refractivity contribution < 1.29 is 23.2 Å². The number of aromatic nitrogens is 1. The molecule has 210 valence electrons. The fraction of sp³-hybridized carbons (Fsp3) is 0.500. The monoisotopic (exact) mass is 538 g/mol. The maximum absolute atomic E-state index is 13.2. The minimum atomic E-state index is -0.490. The highest BCUT2D eigenvalue weighted by molar-refractivity contribution is 6.00. The molecule has 1 aromatic heterocycles. The molecule has 1 aliphatic heterocycles. The molecule has 1 N–H and O–H groups in total. The second-order valence-electron chi connectivity index (χ2n) is 11.6. The molecule has 0 radical (unpaired) electrons. The molecule has 8 nitrogen and oxygen atoms in total. The molecule has 0 atom stereocenters. The van der Waals surface area contributed by atoms with Crippen molar-refractivity contribution in [3.05, 3.63) is 64.6 Å². The average molecular weight is 539 g/mol. The lowest BCUT2D eigenvalue weighted by atomic mass is 9.91. The molecule has 9 heteroatoms. The topological polar surface area (TPSA) is 87.9 Å². The number of amides is 2. The molecule has 39 heavy (non-hydrogen) atoms. The van der Waals surface area contributed by atoms with Crippen molar-refractivity contribution in [2.75, 3.05) is 27.2 Å². The van der Waals surface area contributed by atoms with Crippen LogP contribution in [0.2, 0.25) is 0 Å². The van der Waals surface area contributed by atoms with E-state index in [-0.39, 0.29) is 17.8 Å². The number of halogens is 1. The number of hydrogen-bond acceptors (Lipinski definition) is 6. The van der Waals surface area contributed by atoms with Gasteiger partial charge in [0.25, 0.3) is 5.91 Å². The number of carbonyl (C=O) groups excluding carboxylic acids is 2. The summed E-state index contributed by atoms with van der Waals surface area (Å²) in [5, 5.41) is 8.25. The summed E-state index contributed by atoms with van der Waals surface area (Å²) in [5.41, 5.74) is 3.18. The van der Waals surface area contributed by atoms with Crippen LogP contribution in [0.25, 0.3) is 11.0 Å². The Morgan fingerprint density at radius 1 is 1.13 bits per heavy atom. The van der Waals surface area contributed by atoms with Gasteiger partial charge >= 0.3 is 6.09 Å². The van der Waals surface area contributed by atoms with Crippen LogP contribution in [0.15, 0.2) is 40.9 Å². The van der Waals surface area contributed by atoms with Gasteiger partial charge in [-0.15, -0.1) is 0 Å². The quantitative estimate of drug-likeness (QED) is 0.405. The van der Waals surface area contributed by atoms with Crippen LogP contribution in [0.3, 0.4) is 0 Å². The number of nitrogens with zero attached hydrogens (tertiary/aromatic N) is 3. The standard InChI is InChI=1S/C30H39FN4O4/c1-30(2,3)38-29(37)35-16-14-20(15-17-35)8-13-26-24-12-11-23(25(19-34(4)5)27(24)39-33-26)28(36)32-18-21-6-9-22(31)10-7-21/h6-7,9-12,20H,8,13-19H2,1-5H3,(H,32,36). The first-order chi connectivity index (χ1) is 18.5. The summed E-state index contributed by atoms with van der Waals surface area (Å²) in [4.78, 5) is 29.3. The fourth-order valence-corrected chi connectivity index (χ4v) is 4.93. The summed E-state index contributed by atoms with van der Waals surface area (Å²) in [6.45, 7) is 7.86. The Morgan fingerprint density at radius 2 is 1.82 bits per heavy atom. The Balaban J connectivity index is 1.41. The minimum absolute atomic E-state index is 0.215. The van der Waals surface area contributed by atoms with Crippen LogP contribution in [-0.4, -0.2) is 59.7 Å². The number of piperidine rings is 1.